The van der Waals surface area contributed by atoms with E-state index in [2.05, 4.69) is 20.5 Å². The van der Waals surface area contributed by atoms with Gasteiger partial charge >= 0.3 is 5.69 Å². The summed E-state index contributed by atoms with van der Waals surface area (Å²) in [6.07, 6.45) is 1.54. The van der Waals surface area contributed by atoms with E-state index in [1.165, 1.54) is 18.5 Å². The summed E-state index contributed by atoms with van der Waals surface area (Å²) in [7, 11) is 1.78. The molecular formula is C9H11N7O2. The molecule has 0 aromatic carbocycles. The highest BCUT2D eigenvalue weighted by Gasteiger charge is 2.15. The van der Waals surface area contributed by atoms with Gasteiger partial charge in [-0.25, -0.2) is 4.98 Å². The highest BCUT2D eigenvalue weighted by atomic mass is 16.6. The molecule has 0 saturated carbocycles. The first-order valence-corrected chi connectivity index (χ1v) is 5.05. The van der Waals surface area contributed by atoms with Crippen LogP contribution < -0.4 is 11.1 Å². The molecule has 18 heavy (non-hydrogen) atoms. The molecule has 0 saturated heterocycles. The lowest BCUT2D eigenvalue weighted by Crippen LogP contribution is -2.09. The van der Waals surface area contributed by atoms with Gasteiger partial charge in [-0.3, -0.25) is 10.1 Å². The first kappa shape index (κ1) is 11.8. The number of nitrogens with two attached hydrogens (primary N) is 1. The van der Waals surface area contributed by atoms with E-state index in [1.807, 2.05) is 0 Å². The third kappa shape index (κ3) is 2.34. The molecule has 0 spiro atoms. The molecule has 0 atom stereocenters. The predicted molar refractivity (Wildman–Crippen MR) is 63.6 cm³/mol. The van der Waals surface area contributed by atoms with Crippen LogP contribution >= 0.6 is 0 Å². The van der Waals surface area contributed by atoms with Crippen LogP contribution in [0.5, 0.6) is 0 Å². The maximum atomic E-state index is 10.8. The van der Waals surface area contributed by atoms with Gasteiger partial charge in [-0.2, -0.15) is 0 Å². The second-order valence-electron chi connectivity index (χ2n) is 3.57. The van der Waals surface area contributed by atoms with Gasteiger partial charge in [0.1, 0.15) is 12.1 Å². The van der Waals surface area contributed by atoms with Crippen LogP contribution in [0.3, 0.4) is 0 Å². The number of hydrogen-bond acceptors (Lipinski definition) is 7. The van der Waals surface area contributed by atoms with Crippen molar-refractivity contribution in [3.63, 3.8) is 0 Å². The molecule has 0 aliphatic heterocycles. The van der Waals surface area contributed by atoms with Crippen LogP contribution in [0.1, 0.15) is 5.82 Å². The Kier molecular flexibility index (Phi) is 3.04. The molecule has 9 nitrogen and oxygen atoms in total. The normalized spacial score (nSPS) is 10.3. The SMILES string of the molecule is Cn1cnnc1CNc1nc(N)ccc1[N+](=O)[O-]. The Morgan fingerprint density at radius 2 is 2.33 bits per heavy atom. The zero-order valence-corrected chi connectivity index (χ0v) is 9.57. The number of nitro groups is 1. The summed E-state index contributed by atoms with van der Waals surface area (Å²) >= 11 is 0. The lowest BCUT2D eigenvalue weighted by molar-refractivity contribution is -0.384. The van der Waals surface area contributed by atoms with E-state index >= 15 is 0 Å². The molecule has 0 fully saturated rings. The maximum absolute atomic E-state index is 10.8. The molecule has 2 heterocycles. The minimum Gasteiger partial charge on any atom is -0.384 e. The molecule has 0 amide bonds. The molecule has 94 valence electrons. The molecule has 2 aromatic heterocycles. The van der Waals surface area contributed by atoms with Gasteiger partial charge in [0.05, 0.1) is 11.5 Å². The first-order chi connectivity index (χ1) is 8.58. The van der Waals surface area contributed by atoms with Crippen molar-refractivity contribution in [2.45, 2.75) is 6.54 Å². The molecular weight excluding hydrogens is 238 g/mol. The third-order valence-electron chi connectivity index (χ3n) is 2.31. The van der Waals surface area contributed by atoms with Crippen LogP contribution in [0, 0.1) is 10.1 Å². The van der Waals surface area contributed by atoms with Gasteiger partial charge in [-0.1, -0.05) is 0 Å². The van der Waals surface area contributed by atoms with Crippen molar-refractivity contribution >= 4 is 17.3 Å². The minimum atomic E-state index is -0.522. The summed E-state index contributed by atoms with van der Waals surface area (Å²) in [6, 6.07) is 2.69. The number of nitrogens with one attached hydrogen (secondary N) is 1. The standard InChI is InChI=1S/C9H11N7O2/c1-15-5-12-14-8(15)4-11-9-6(16(17)18)2-3-7(10)13-9/h2-3,5H,4H2,1H3,(H3,10,11,13). The summed E-state index contributed by atoms with van der Waals surface area (Å²) in [5.74, 6) is 0.956. The van der Waals surface area contributed by atoms with Gasteiger partial charge in [-0.05, 0) is 6.07 Å². The second-order valence-corrected chi connectivity index (χ2v) is 3.57. The Morgan fingerprint density at radius 3 is 2.94 bits per heavy atom. The fourth-order valence-electron chi connectivity index (χ4n) is 1.37. The first-order valence-electron chi connectivity index (χ1n) is 5.05. The van der Waals surface area contributed by atoms with E-state index < -0.39 is 4.92 Å². The van der Waals surface area contributed by atoms with Crippen LogP contribution in [0.25, 0.3) is 0 Å². The van der Waals surface area contributed by atoms with E-state index in [4.69, 9.17) is 5.73 Å². The highest BCUT2D eigenvalue weighted by Crippen LogP contribution is 2.23. The van der Waals surface area contributed by atoms with Crippen LogP contribution in [0.2, 0.25) is 0 Å². The van der Waals surface area contributed by atoms with Crippen LogP contribution in [0.4, 0.5) is 17.3 Å². The largest absolute Gasteiger partial charge is 0.384 e. The molecule has 2 rings (SSSR count). The van der Waals surface area contributed by atoms with Crippen molar-refractivity contribution in [1.82, 2.24) is 19.7 Å². The van der Waals surface area contributed by atoms with E-state index in [9.17, 15) is 10.1 Å². The summed E-state index contributed by atoms with van der Waals surface area (Å²) in [4.78, 5) is 14.2. The van der Waals surface area contributed by atoms with Crippen molar-refractivity contribution in [3.8, 4) is 0 Å². The number of aromatic nitrogens is 4. The number of hydrogen-bond donors (Lipinski definition) is 2. The molecule has 3 N–H and O–H groups in total. The quantitative estimate of drug-likeness (QED) is 0.590. The fourth-order valence-corrected chi connectivity index (χ4v) is 1.37. The van der Waals surface area contributed by atoms with Crippen molar-refractivity contribution in [2.75, 3.05) is 11.1 Å². The van der Waals surface area contributed by atoms with Crippen LogP contribution in [-0.4, -0.2) is 24.7 Å². The zero-order valence-electron chi connectivity index (χ0n) is 9.57. The minimum absolute atomic E-state index is 0.114. The van der Waals surface area contributed by atoms with Gasteiger partial charge in [0.2, 0.25) is 5.82 Å². The second kappa shape index (κ2) is 4.65. The Labute approximate surface area is 102 Å². The van der Waals surface area contributed by atoms with Crippen LogP contribution in [0.15, 0.2) is 18.5 Å². The topological polar surface area (TPSA) is 125 Å². The molecule has 2 aromatic rings. The van der Waals surface area contributed by atoms with E-state index in [-0.39, 0.29) is 23.9 Å². The van der Waals surface area contributed by atoms with Gasteiger partial charge in [-0.15, -0.1) is 10.2 Å². The average Bonchev–Trinajstić information content (AvgIpc) is 2.72. The number of anilines is 2. The summed E-state index contributed by atoms with van der Waals surface area (Å²) in [5, 5.41) is 21.2. The van der Waals surface area contributed by atoms with Gasteiger partial charge in [0, 0.05) is 13.1 Å². The van der Waals surface area contributed by atoms with Gasteiger partial charge < -0.3 is 15.6 Å². The van der Waals surface area contributed by atoms with E-state index in [0.717, 1.165) is 0 Å². The third-order valence-corrected chi connectivity index (χ3v) is 2.31. The van der Waals surface area contributed by atoms with Gasteiger partial charge in [0.25, 0.3) is 0 Å². The number of rotatable bonds is 4. The van der Waals surface area contributed by atoms with Crippen molar-refractivity contribution in [3.05, 3.63) is 34.4 Å². The van der Waals surface area contributed by atoms with E-state index in [0.29, 0.717) is 5.82 Å². The number of pyridine rings is 1. The Balaban J connectivity index is 2.20. The monoisotopic (exact) mass is 249 g/mol. The molecule has 0 aliphatic carbocycles. The highest BCUT2D eigenvalue weighted by molar-refractivity contribution is 5.59. The van der Waals surface area contributed by atoms with Crippen LogP contribution in [-0.2, 0) is 13.6 Å². The number of nitrogens with zero attached hydrogens (tertiary/aromatic N) is 5. The van der Waals surface area contributed by atoms with E-state index in [1.54, 1.807) is 11.6 Å². The molecule has 0 aliphatic rings. The Hall–Kier alpha value is -2.71. The summed E-state index contributed by atoms with van der Waals surface area (Å²) in [6.45, 7) is 0.272. The van der Waals surface area contributed by atoms with Crippen molar-refractivity contribution < 1.29 is 4.92 Å². The number of nitrogen functional groups attached to an aromatic ring is 1. The van der Waals surface area contributed by atoms with Crippen molar-refractivity contribution in [2.24, 2.45) is 7.05 Å². The molecule has 0 unspecified atom stereocenters. The number of aryl methyl sites for hydroxylation is 1. The average molecular weight is 249 g/mol. The predicted octanol–water partition coefficient (Wildman–Crippen LogP) is 0.313. The summed E-state index contributed by atoms with van der Waals surface area (Å²) < 4.78 is 1.70. The molecule has 9 heteroatoms. The smallest absolute Gasteiger partial charge is 0.311 e. The molecule has 0 bridgehead atoms. The Bertz CT molecular complexity index is 580. The lowest BCUT2D eigenvalue weighted by Gasteiger charge is -2.06. The summed E-state index contributed by atoms with van der Waals surface area (Å²) in [5.41, 5.74) is 5.37. The molecule has 0 radical (unpaired) electrons. The lowest BCUT2D eigenvalue weighted by atomic mass is 10.3. The van der Waals surface area contributed by atoms with Crippen molar-refractivity contribution in [1.29, 1.82) is 0 Å². The fraction of sp³-hybridized carbons (Fsp3) is 0.222. The maximum Gasteiger partial charge on any atom is 0.311 e. The Morgan fingerprint density at radius 1 is 1.56 bits per heavy atom. The van der Waals surface area contributed by atoms with Gasteiger partial charge in [0.15, 0.2) is 5.82 Å². The zero-order chi connectivity index (χ0) is 13.1.